The highest BCUT2D eigenvalue weighted by atomic mass is 16.5. The van der Waals surface area contributed by atoms with Gasteiger partial charge in [-0.1, -0.05) is 0 Å². The van der Waals surface area contributed by atoms with Crippen molar-refractivity contribution in [3.05, 3.63) is 0 Å². The number of rotatable bonds is 1. The fourth-order valence-corrected chi connectivity index (χ4v) is 1.75. The number of ether oxygens (including phenoxy) is 1. The molecule has 0 aliphatic carbocycles. The lowest BCUT2D eigenvalue weighted by atomic mass is 10.2. The molecule has 1 fully saturated rings. The van der Waals surface area contributed by atoms with Crippen molar-refractivity contribution in [2.24, 2.45) is 4.99 Å². The summed E-state index contributed by atoms with van der Waals surface area (Å²) in [4.78, 5) is 16.7. The van der Waals surface area contributed by atoms with Crippen molar-refractivity contribution in [3.8, 4) is 0 Å². The van der Waals surface area contributed by atoms with Gasteiger partial charge in [0.2, 0.25) is 0 Å². The maximum Gasteiger partial charge on any atom is 0.326 e. The molecule has 13 heavy (non-hydrogen) atoms. The minimum Gasteiger partial charge on any atom is -0.480 e. The van der Waals surface area contributed by atoms with Crippen LogP contribution in [-0.2, 0) is 9.53 Å². The van der Waals surface area contributed by atoms with E-state index in [9.17, 15) is 4.79 Å². The van der Waals surface area contributed by atoms with E-state index in [1.54, 1.807) is 4.90 Å². The molecule has 0 aromatic carbocycles. The van der Waals surface area contributed by atoms with Crippen molar-refractivity contribution >= 4 is 12.0 Å². The van der Waals surface area contributed by atoms with Gasteiger partial charge in [-0.25, -0.2) is 9.79 Å². The van der Waals surface area contributed by atoms with Gasteiger partial charge < -0.3 is 14.7 Å². The third-order valence-corrected chi connectivity index (χ3v) is 2.35. The maximum absolute atomic E-state index is 10.8. The average Bonchev–Trinajstić information content (AvgIpc) is 2.74. The summed E-state index contributed by atoms with van der Waals surface area (Å²) in [5, 5.41) is 8.89. The summed E-state index contributed by atoms with van der Waals surface area (Å²) < 4.78 is 5.23. The van der Waals surface area contributed by atoms with Gasteiger partial charge in [0.05, 0.1) is 6.54 Å². The molecule has 1 unspecified atom stereocenters. The highest BCUT2D eigenvalue weighted by Crippen LogP contribution is 2.19. The first-order valence-corrected chi connectivity index (χ1v) is 4.46. The van der Waals surface area contributed by atoms with Gasteiger partial charge in [0, 0.05) is 6.54 Å². The average molecular weight is 184 g/mol. The first-order chi connectivity index (χ1) is 6.29. The largest absolute Gasteiger partial charge is 0.480 e. The van der Waals surface area contributed by atoms with Crippen molar-refractivity contribution in [1.82, 2.24) is 4.90 Å². The Hall–Kier alpha value is -1.26. The molecule has 0 amide bonds. The number of carboxylic acid groups (broad SMARTS) is 1. The summed E-state index contributed by atoms with van der Waals surface area (Å²) in [5.74, 6) is -0.782. The molecule has 2 rings (SSSR count). The fourth-order valence-electron chi connectivity index (χ4n) is 1.75. The van der Waals surface area contributed by atoms with Crippen LogP contribution in [0.1, 0.15) is 12.8 Å². The van der Waals surface area contributed by atoms with E-state index in [2.05, 4.69) is 4.99 Å². The maximum atomic E-state index is 10.8. The molecule has 2 aliphatic rings. The standard InChI is InChI=1S/C8H12N2O3/c11-7(12)6-2-1-4-10(6)8-9-3-5-13-8/h6H,1-5H2,(H,11,12). The summed E-state index contributed by atoms with van der Waals surface area (Å²) in [6.45, 7) is 1.98. The van der Waals surface area contributed by atoms with Gasteiger partial charge in [0.1, 0.15) is 12.6 Å². The van der Waals surface area contributed by atoms with E-state index in [1.807, 2.05) is 0 Å². The fraction of sp³-hybridized carbons (Fsp3) is 0.750. The molecule has 0 bridgehead atoms. The molecule has 2 heterocycles. The number of amidine groups is 1. The smallest absolute Gasteiger partial charge is 0.326 e. The molecule has 72 valence electrons. The van der Waals surface area contributed by atoms with Crippen LogP contribution in [-0.4, -0.2) is 47.7 Å². The highest BCUT2D eigenvalue weighted by Gasteiger charge is 2.34. The summed E-state index contributed by atoms with van der Waals surface area (Å²) in [6, 6.07) is 0.0850. The van der Waals surface area contributed by atoms with Crippen molar-refractivity contribution < 1.29 is 14.6 Å². The van der Waals surface area contributed by atoms with E-state index in [0.29, 0.717) is 25.6 Å². The summed E-state index contributed by atoms with van der Waals surface area (Å²) in [5.41, 5.74) is 0. The number of hydrogen-bond donors (Lipinski definition) is 1. The molecule has 5 heteroatoms. The van der Waals surface area contributed by atoms with Gasteiger partial charge in [0.15, 0.2) is 0 Å². The second kappa shape index (κ2) is 3.24. The lowest BCUT2D eigenvalue weighted by Crippen LogP contribution is -2.40. The molecule has 0 saturated carbocycles. The van der Waals surface area contributed by atoms with Gasteiger partial charge in [0.25, 0.3) is 6.02 Å². The van der Waals surface area contributed by atoms with E-state index in [-0.39, 0.29) is 0 Å². The molecule has 5 nitrogen and oxygen atoms in total. The SMILES string of the molecule is O=C(O)C1CCCN1C1=NCCO1. The summed E-state index contributed by atoms with van der Waals surface area (Å²) in [7, 11) is 0. The monoisotopic (exact) mass is 184 g/mol. The lowest BCUT2D eigenvalue weighted by molar-refractivity contribution is -0.141. The van der Waals surface area contributed by atoms with Gasteiger partial charge in [-0.15, -0.1) is 0 Å². The van der Waals surface area contributed by atoms with E-state index in [0.717, 1.165) is 13.0 Å². The number of hydrogen-bond acceptors (Lipinski definition) is 4. The second-order valence-electron chi connectivity index (χ2n) is 3.20. The van der Waals surface area contributed by atoms with Crippen LogP contribution in [0, 0.1) is 0 Å². The lowest BCUT2D eigenvalue weighted by Gasteiger charge is -2.21. The minimum atomic E-state index is -0.782. The van der Waals surface area contributed by atoms with E-state index >= 15 is 0 Å². The molecule has 1 N–H and O–H groups in total. The van der Waals surface area contributed by atoms with Crippen LogP contribution in [0.4, 0.5) is 0 Å². The van der Waals surface area contributed by atoms with Crippen molar-refractivity contribution in [1.29, 1.82) is 0 Å². The van der Waals surface area contributed by atoms with Crippen LogP contribution in [0.3, 0.4) is 0 Å². The second-order valence-corrected chi connectivity index (χ2v) is 3.20. The zero-order chi connectivity index (χ0) is 9.26. The third kappa shape index (κ3) is 1.46. The van der Waals surface area contributed by atoms with Crippen molar-refractivity contribution in [2.75, 3.05) is 19.7 Å². The zero-order valence-electron chi connectivity index (χ0n) is 7.27. The number of aliphatic carboxylic acids is 1. The van der Waals surface area contributed by atoms with Crippen LogP contribution in [0.25, 0.3) is 0 Å². The van der Waals surface area contributed by atoms with E-state index in [4.69, 9.17) is 9.84 Å². The Kier molecular flexibility index (Phi) is 2.08. The molecule has 0 radical (unpaired) electrons. The van der Waals surface area contributed by atoms with Crippen LogP contribution in [0.15, 0.2) is 4.99 Å². The van der Waals surface area contributed by atoms with E-state index < -0.39 is 12.0 Å². The number of carboxylic acids is 1. The Balaban J connectivity index is 2.08. The number of aliphatic imine (C=N–C) groups is 1. The van der Waals surface area contributed by atoms with Gasteiger partial charge in [-0.05, 0) is 12.8 Å². The summed E-state index contributed by atoms with van der Waals surface area (Å²) >= 11 is 0. The van der Waals surface area contributed by atoms with Gasteiger partial charge in [-0.2, -0.15) is 0 Å². The van der Waals surface area contributed by atoms with Crippen LogP contribution < -0.4 is 0 Å². The number of likely N-dealkylation sites (tertiary alicyclic amines) is 1. The van der Waals surface area contributed by atoms with Gasteiger partial charge >= 0.3 is 5.97 Å². The Labute approximate surface area is 76.0 Å². The molecule has 0 spiro atoms. The Morgan fingerprint density at radius 1 is 1.69 bits per heavy atom. The molecule has 1 atom stereocenters. The predicted octanol–water partition coefficient (Wildman–Crippen LogP) is -0.0784. The first-order valence-electron chi connectivity index (χ1n) is 4.46. The van der Waals surface area contributed by atoms with Crippen molar-refractivity contribution in [3.63, 3.8) is 0 Å². The molecular weight excluding hydrogens is 172 g/mol. The van der Waals surface area contributed by atoms with Crippen LogP contribution in [0.2, 0.25) is 0 Å². The molecular formula is C8H12N2O3. The quantitative estimate of drug-likeness (QED) is 0.619. The normalized spacial score (nSPS) is 27.2. The Bertz CT molecular complexity index is 252. The molecule has 0 aromatic rings. The van der Waals surface area contributed by atoms with Gasteiger partial charge in [-0.3, -0.25) is 0 Å². The highest BCUT2D eigenvalue weighted by molar-refractivity contribution is 5.83. The molecule has 1 saturated heterocycles. The summed E-state index contributed by atoms with van der Waals surface area (Å²) in [6.07, 6.45) is 1.59. The van der Waals surface area contributed by atoms with E-state index in [1.165, 1.54) is 0 Å². The topological polar surface area (TPSA) is 62.1 Å². The number of nitrogens with zero attached hydrogens (tertiary/aromatic N) is 2. The molecule has 2 aliphatic heterocycles. The Morgan fingerprint density at radius 3 is 3.15 bits per heavy atom. The third-order valence-electron chi connectivity index (χ3n) is 2.35. The van der Waals surface area contributed by atoms with Crippen molar-refractivity contribution in [2.45, 2.75) is 18.9 Å². The van der Waals surface area contributed by atoms with Crippen LogP contribution in [0.5, 0.6) is 0 Å². The zero-order valence-corrected chi connectivity index (χ0v) is 7.27. The minimum absolute atomic E-state index is 0.433. The molecule has 0 aromatic heterocycles. The van der Waals surface area contributed by atoms with Crippen LogP contribution >= 0.6 is 0 Å². The first kappa shape index (κ1) is 8.34. The Morgan fingerprint density at radius 2 is 2.54 bits per heavy atom. The predicted molar refractivity (Wildman–Crippen MR) is 45.6 cm³/mol. The number of carbonyl (C=O) groups is 1.